The van der Waals surface area contributed by atoms with Gasteiger partial charge >= 0.3 is 0 Å². The predicted molar refractivity (Wildman–Crippen MR) is 47.4 cm³/mol. The standard InChI is InChI=1S/C9H7N4/c1-2-5-9(6-3-1)11-12-13-8-4-7-10-13/h2-8H. The Balaban J connectivity index is 2.15. The third kappa shape index (κ3) is 1.99. The molecule has 0 aliphatic carbocycles. The predicted octanol–water partition coefficient (Wildman–Crippen LogP) is 2.23. The Bertz CT molecular complexity index is 377. The third-order valence-electron chi connectivity index (χ3n) is 1.44. The first kappa shape index (κ1) is 7.67. The summed E-state index contributed by atoms with van der Waals surface area (Å²) in [6, 6.07) is 11.9. The minimum atomic E-state index is 0.786. The van der Waals surface area contributed by atoms with Crippen molar-refractivity contribution in [1.82, 2.24) is 9.89 Å². The fourth-order valence-corrected chi connectivity index (χ4v) is 0.856. The van der Waals surface area contributed by atoms with E-state index in [1.54, 1.807) is 30.6 Å². The molecule has 2 aromatic rings. The minimum Gasteiger partial charge on any atom is -0.158 e. The van der Waals surface area contributed by atoms with Crippen molar-refractivity contribution in [3.8, 4) is 0 Å². The van der Waals surface area contributed by atoms with Crippen molar-refractivity contribution in [1.29, 1.82) is 0 Å². The van der Waals surface area contributed by atoms with Crippen LogP contribution in [0.2, 0.25) is 0 Å². The van der Waals surface area contributed by atoms with Crippen molar-refractivity contribution in [2.45, 2.75) is 0 Å². The van der Waals surface area contributed by atoms with Gasteiger partial charge in [-0.3, -0.25) is 0 Å². The summed E-state index contributed by atoms with van der Waals surface area (Å²) in [5.41, 5.74) is 0.786. The normalized spacial score (nSPS) is 10.8. The van der Waals surface area contributed by atoms with Crippen LogP contribution in [0.15, 0.2) is 53.1 Å². The van der Waals surface area contributed by atoms with Gasteiger partial charge in [-0.25, -0.2) is 0 Å². The Hall–Kier alpha value is -1.97. The van der Waals surface area contributed by atoms with Crippen LogP contribution in [0.4, 0.5) is 5.69 Å². The maximum atomic E-state index is 3.95. The topological polar surface area (TPSA) is 42.5 Å². The van der Waals surface area contributed by atoms with Gasteiger partial charge in [-0.05, 0) is 29.5 Å². The average molecular weight is 171 g/mol. The summed E-state index contributed by atoms with van der Waals surface area (Å²) in [6.07, 6.45) is 3.37. The van der Waals surface area contributed by atoms with Crippen LogP contribution in [-0.4, -0.2) is 9.89 Å². The molecule has 0 spiro atoms. The second kappa shape index (κ2) is 3.62. The quantitative estimate of drug-likeness (QED) is 0.639. The molecule has 0 unspecified atom stereocenters. The molecule has 0 atom stereocenters. The number of hydrogen-bond acceptors (Lipinski definition) is 3. The van der Waals surface area contributed by atoms with Crippen LogP contribution in [0, 0.1) is 6.07 Å². The molecule has 13 heavy (non-hydrogen) atoms. The summed E-state index contributed by atoms with van der Waals surface area (Å²) in [5.74, 6) is 0. The van der Waals surface area contributed by atoms with Crippen molar-refractivity contribution in [2.24, 2.45) is 10.3 Å². The van der Waals surface area contributed by atoms with Gasteiger partial charge in [0.1, 0.15) is 0 Å². The molecule has 0 N–H and O–H groups in total. The van der Waals surface area contributed by atoms with E-state index in [1.807, 2.05) is 12.1 Å². The minimum absolute atomic E-state index is 0.786. The molecule has 0 amide bonds. The molecule has 0 fully saturated rings. The highest BCUT2D eigenvalue weighted by molar-refractivity contribution is 5.34. The molecule has 63 valence electrons. The number of hydrogen-bond donors (Lipinski definition) is 0. The summed E-state index contributed by atoms with van der Waals surface area (Å²) in [6.45, 7) is 0. The van der Waals surface area contributed by atoms with Gasteiger partial charge in [-0.15, -0.1) is 9.91 Å². The van der Waals surface area contributed by atoms with Gasteiger partial charge in [0.05, 0.1) is 18.1 Å². The van der Waals surface area contributed by atoms with Crippen LogP contribution in [-0.2, 0) is 0 Å². The second-order valence-electron chi connectivity index (χ2n) is 2.37. The van der Waals surface area contributed by atoms with Crippen LogP contribution < -0.4 is 0 Å². The highest BCUT2D eigenvalue weighted by Gasteiger charge is 1.85. The van der Waals surface area contributed by atoms with E-state index < -0.39 is 0 Å². The molecule has 0 bridgehead atoms. The lowest BCUT2D eigenvalue weighted by molar-refractivity contribution is 0.692. The number of rotatable bonds is 2. The third-order valence-corrected chi connectivity index (χ3v) is 1.44. The maximum absolute atomic E-state index is 3.95. The molecule has 0 aliphatic heterocycles. The summed E-state index contributed by atoms with van der Waals surface area (Å²) >= 11 is 0. The van der Waals surface area contributed by atoms with Gasteiger partial charge in [0.2, 0.25) is 0 Å². The molecule has 1 radical (unpaired) electrons. The monoisotopic (exact) mass is 171 g/mol. The molecule has 1 heterocycles. The van der Waals surface area contributed by atoms with E-state index in [4.69, 9.17) is 0 Å². The van der Waals surface area contributed by atoms with Crippen LogP contribution >= 0.6 is 0 Å². The van der Waals surface area contributed by atoms with E-state index in [9.17, 15) is 0 Å². The summed E-state index contributed by atoms with van der Waals surface area (Å²) in [4.78, 5) is 1.40. The van der Waals surface area contributed by atoms with Crippen LogP contribution in [0.5, 0.6) is 0 Å². The zero-order valence-corrected chi connectivity index (χ0v) is 6.83. The van der Waals surface area contributed by atoms with E-state index in [0.717, 1.165) is 5.69 Å². The van der Waals surface area contributed by atoms with E-state index in [-0.39, 0.29) is 0 Å². The Morgan fingerprint density at radius 3 is 2.85 bits per heavy atom. The lowest BCUT2D eigenvalue weighted by Gasteiger charge is -1.89. The Labute approximate surface area is 75.5 Å². The molecule has 2 rings (SSSR count). The fraction of sp³-hybridized carbons (Fsp3) is 0. The molecule has 0 saturated carbocycles. The molecule has 1 aromatic carbocycles. The van der Waals surface area contributed by atoms with Gasteiger partial charge in [-0.2, -0.15) is 5.10 Å². The molecule has 0 saturated heterocycles. The van der Waals surface area contributed by atoms with E-state index in [0.29, 0.717) is 0 Å². The smallest absolute Gasteiger partial charge is 0.0875 e. The molecule has 4 heteroatoms. The molecular formula is C9H7N4. The molecular weight excluding hydrogens is 164 g/mol. The summed E-state index contributed by atoms with van der Waals surface area (Å²) in [7, 11) is 0. The molecule has 0 aliphatic rings. The Kier molecular flexibility index (Phi) is 2.14. The summed E-state index contributed by atoms with van der Waals surface area (Å²) in [5, 5.41) is 11.7. The zero-order chi connectivity index (χ0) is 8.93. The highest BCUT2D eigenvalue weighted by Crippen LogP contribution is 2.09. The first-order chi connectivity index (χ1) is 6.45. The lowest BCUT2D eigenvalue weighted by atomic mass is 10.3. The van der Waals surface area contributed by atoms with Crippen LogP contribution in [0.1, 0.15) is 0 Å². The van der Waals surface area contributed by atoms with Crippen LogP contribution in [0.25, 0.3) is 0 Å². The Morgan fingerprint density at radius 2 is 2.15 bits per heavy atom. The van der Waals surface area contributed by atoms with Crippen LogP contribution in [0.3, 0.4) is 0 Å². The maximum Gasteiger partial charge on any atom is 0.0875 e. The van der Waals surface area contributed by atoms with Crippen molar-refractivity contribution in [3.05, 3.63) is 48.8 Å². The Morgan fingerprint density at radius 1 is 1.31 bits per heavy atom. The van der Waals surface area contributed by atoms with E-state index >= 15 is 0 Å². The van der Waals surface area contributed by atoms with Gasteiger partial charge in [0.25, 0.3) is 0 Å². The molecule has 1 aromatic heterocycles. The zero-order valence-electron chi connectivity index (χ0n) is 6.83. The largest absolute Gasteiger partial charge is 0.158 e. The van der Waals surface area contributed by atoms with Gasteiger partial charge in [-0.1, -0.05) is 12.1 Å². The first-order valence-corrected chi connectivity index (χ1v) is 3.83. The van der Waals surface area contributed by atoms with Crippen molar-refractivity contribution < 1.29 is 0 Å². The SMILES string of the molecule is [c]1ccc(N=Nn2cccn2)cc1. The first-order valence-electron chi connectivity index (χ1n) is 3.83. The lowest BCUT2D eigenvalue weighted by Crippen LogP contribution is -1.84. The van der Waals surface area contributed by atoms with Crippen molar-refractivity contribution >= 4 is 5.69 Å². The molecule has 4 nitrogen and oxygen atoms in total. The van der Waals surface area contributed by atoms with Gasteiger partial charge in [0.15, 0.2) is 0 Å². The summed E-state index contributed by atoms with van der Waals surface area (Å²) < 4.78 is 0. The van der Waals surface area contributed by atoms with E-state index in [2.05, 4.69) is 21.5 Å². The number of aromatic nitrogens is 2. The van der Waals surface area contributed by atoms with Gasteiger partial charge < -0.3 is 0 Å². The fourth-order valence-electron chi connectivity index (χ4n) is 0.856. The average Bonchev–Trinajstić information content (AvgIpc) is 2.69. The number of benzene rings is 1. The van der Waals surface area contributed by atoms with Crippen molar-refractivity contribution in [3.63, 3.8) is 0 Å². The number of nitrogens with zero attached hydrogens (tertiary/aromatic N) is 4. The van der Waals surface area contributed by atoms with Gasteiger partial charge in [0, 0.05) is 0 Å². The van der Waals surface area contributed by atoms with Crippen molar-refractivity contribution in [2.75, 3.05) is 0 Å². The second-order valence-corrected chi connectivity index (χ2v) is 2.37. The van der Waals surface area contributed by atoms with E-state index in [1.165, 1.54) is 4.79 Å². The highest BCUT2D eigenvalue weighted by atomic mass is 15.6.